The standard InChI is InChI=1S/C27H23F2N5O3S.Li/c1-27(9-3-11-37-27)10-8-17-12-18(19-13-21(24(28)29)31-15-22(19)36-2)20(14-30-17)25(35)32-26-34-33-23(38-26)7-6-16-4-5-16;/h12-16,24H,3-5,9,11H2,1-2H3,(H,32,34,35);/q;+1/p-1. The van der Waals surface area contributed by atoms with Crippen molar-refractivity contribution in [3.63, 3.8) is 0 Å². The summed E-state index contributed by atoms with van der Waals surface area (Å²) in [4.78, 5) is 21.4. The zero-order valence-corrected chi connectivity index (χ0v) is 22.4. The molecule has 12 heteroatoms. The predicted molar refractivity (Wildman–Crippen MR) is 136 cm³/mol. The van der Waals surface area contributed by atoms with E-state index in [1.807, 2.05) is 6.92 Å². The first-order valence-corrected chi connectivity index (χ1v) is 12.8. The molecule has 1 saturated heterocycles. The Bertz CT molecular complexity index is 1500. The van der Waals surface area contributed by atoms with E-state index in [1.54, 1.807) is 6.07 Å². The number of halogens is 2. The quantitative estimate of drug-likeness (QED) is 0.361. The zero-order valence-electron chi connectivity index (χ0n) is 21.6. The van der Waals surface area contributed by atoms with Crippen molar-refractivity contribution in [3.8, 4) is 40.6 Å². The number of nitrogens with zero attached hydrogens (tertiary/aromatic N) is 5. The van der Waals surface area contributed by atoms with Gasteiger partial charge in [-0.05, 0) is 56.6 Å². The van der Waals surface area contributed by atoms with Crippen LogP contribution in [-0.4, -0.2) is 45.4 Å². The summed E-state index contributed by atoms with van der Waals surface area (Å²) in [5.41, 5.74) is -0.159. The first-order valence-electron chi connectivity index (χ1n) is 11.9. The molecule has 1 atom stereocenters. The maximum atomic E-state index is 13.5. The zero-order chi connectivity index (χ0) is 26.7. The Balaban J connectivity index is 0.00000353. The molecule has 1 amide bonds. The van der Waals surface area contributed by atoms with Crippen LogP contribution in [0.2, 0.25) is 0 Å². The molecule has 1 aliphatic heterocycles. The second-order valence-corrected chi connectivity index (χ2v) is 9.96. The number of ether oxygens (including phenoxy) is 2. The number of alkyl halides is 2. The van der Waals surface area contributed by atoms with Crippen LogP contribution in [-0.2, 0) is 4.74 Å². The second-order valence-electron chi connectivity index (χ2n) is 9.01. The maximum Gasteiger partial charge on any atom is 1.00 e. The molecule has 0 bridgehead atoms. The van der Waals surface area contributed by atoms with Gasteiger partial charge in [-0.15, -0.1) is 11.3 Å². The van der Waals surface area contributed by atoms with Crippen molar-refractivity contribution < 1.29 is 41.9 Å². The van der Waals surface area contributed by atoms with Crippen LogP contribution >= 0.6 is 11.3 Å². The smallest absolute Gasteiger partial charge is 0.494 e. The largest absolute Gasteiger partial charge is 1.00 e. The second kappa shape index (κ2) is 12.2. The fraction of sp³-hybridized carbons (Fsp3) is 0.370. The molecular weight excluding hydrogens is 519 g/mol. The van der Waals surface area contributed by atoms with Crippen molar-refractivity contribution in [2.45, 2.75) is 44.6 Å². The molecule has 0 radical (unpaired) electrons. The third kappa shape index (κ3) is 7.01. The number of rotatable bonds is 5. The van der Waals surface area contributed by atoms with Crippen LogP contribution in [0.4, 0.5) is 13.9 Å². The SMILES string of the molecule is COc1cnc(C(F)F)cc1-c1cc(C#CC2(C)CCCO2)ncc1C(=O)[N-]c1nnc(C#CC2CC2)s1.[Li+]. The van der Waals surface area contributed by atoms with Crippen molar-refractivity contribution in [1.82, 2.24) is 20.2 Å². The Kier molecular flexibility index (Phi) is 9.00. The molecule has 39 heavy (non-hydrogen) atoms. The van der Waals surface area contributed by atoms with Gasteiger partial charge < -0.3 is 19.9 Å². The Labute approximate surface area is 240 Å². The molecule has 2 fully saturated rings. The Hall–Kier alpha value is -3.33. The van der Waals surface area contributed by atoms with E-state index in [9.17, 15) is 13.6 Å². The molecule has 5 rings (SSSR count). The molecule has 0 N–H and O–H groups in total. The Morgan fingerprint density at radius 2 is 2.03 bits per heavy atom. The van der Waals surface area contributed by atoms with E-state index in [0.29, 0.717) is 23.2 Å². The van der Waals surface area contributed by atoms with Gasteiger partial charge in [-0.1, -0.05) is 11.8 Å². The molecule has 194 valence electrons. The fourth-order valence-electron chi connectivity index (χ4n) is 3.79. The van der Waals surface area contributed by atoms with Crippen LogP contribution < -0.4 is 23.6 Å². The molecule has 3 aromatic heterocycles. The van der Waals surface area contributed by atoms with Crippen LogP contribution in [0.5, 0.6) is 5.75 Å². The maximum absolute atomic E-state index is 13.5. The number of carbonyl (C=O) groups is 1. The summed E-state index contributed by atoms with van der Waals surface area (Å²) in [6.45, 7) is 2.53. The van der Waals surface area contributed by atoms with E-state index in [2.05, 4.69) is 49.2 Å². The van der Waals surface area contributed by atoms with Gasteiger partial charge in [0.15, 0.2) is 10.9 Å². The third-order valence-corrected chi connectivity index (χ3v) is 6.74. The molecule has 4 heterocycles. The topological polar surface area (TPSA) is 101 Å². The summed E-state index contributed by atoms with van der Waals surface area (Å²) < 4.78 is 38.1. The van der Waals surface area contributed by atoms with Gasteiger partial charge in [0.2, 0.25) is 0 Å². The van der Waals surface area contributed by atoms with Crippen molar-refractivity contribution >= 4 is 22.4 Å². The summed E-state index contributed by atoms with van der Waals surface area (Å²) in [5, 5.41) is 12.6. The summed E-state index contributed by atoms with van der Waals surface area (Å²) in [6, 6.07) is 2.73. The molecule has 1 aliphatic carbocycles. The van der Waals surface area contributed by atoms with Gasteiger partial charge in [-0.3, -0.25) is 9.78 Å². The summed E-state index contributed by atoms with van der Waals surface area (Å²) >= 11 is 1.09. The van der Waals surface area contributed by atoms with Crippen LogP contribution in [0.1, 0.15) is 65.8 Å². The number of amides is 1. The van der Waals surface area contributed by atoms with E-state index >= 15 is 0 Å². The Morgan fingerprint density at radius 3 is 2.72 bits per heavy atom. The van der Waals surface area contributed by atoms with E-state index in [1.165, 1.54) is 25.6 Å². The molecule has 0 spiro atoms. The first-order chi connectivity index (χ1) is 18.3. The van der Waals surface area contributed by atoms with Gasteiger partial charge in [0.25, 0.3) is 6.43 Å². The van der Waals surface area contributed by atoms with Crippen LogP contribution in [0.3, 0.4) is 0 Å². The first kappa shape index (κ1) is 28.7. The average Bonchev–Trinajstić information content (AvgIpc) is 3.48. The fourth-order valence-corrected chi connectivity index (χ4v) is 4.37. The summed E-state index contributed by atoms with van der Waals surface area (Å²) in [5.74, 6) is 12.0. The van der Waals surface area contributed by atoms with Crippen LogP contribution in [0.15, 0.2) is 24.5 Å². The third-order valence-electron chi connectivity index (χ3n) is 6.00. The Morgan fingerprint density at radius 1 is 1.21 bits per heavy atom. The summed E-state index contributed by atoms with van der Waals surface area (Å²) in [6.07, 6.45) is 3.54. The minimum Gasteiger partial charge on any atom is -0.494 e. The van der Waals surface area contributed by atoms with Gasteiger partial charge in [-0.2, -0.15) is 0 Å². The van der Waals surface area contributed by atoms with Crippen molar-refractivity contribution in [3.05, 3.63) is 51.8 Å². The molecule has 8 nitrogen and oxygen atoms in total. The normalized spacial score (nSPS) is 17.9. The van der Waals surface area contributed by atoms with E-state index in [0.717, 1.165) is 37.0 Å². The van der Waals surface area contributed by atoms with Crippen LogP contribution in [0, 0.1) is 29.6 Å². The van der Waals surface area contributed by atoms with Crippen LogP contribution in [0.25, 0.3) is 16.4 Å². The number of hydrogen-bond acceptors (Lipinski definition) is 8. The number of pyridine rings is 2. The van der Waals surface area contributed by atoms with Gasteiger partial charge in [0.1, 0.15) is 22.7 Å². The van der Waals surface area contributed by atoms with Gasteiger partial charge in [0.05, 0.1) is 13.3 Å². The van der Waals surface area contributed by atoms with E-state index < -0.39 is 23.6 Å². The van der Waals surface area contributed by atoms with E-state index in [4.69, 9.17) is 9.47 Å². The minimum absolute atomic E-state index is 0. The minimum atomic E-state index is -2.82. The number of hydrogen-bond donors (Lipinski definition) is 0. The molecular formula is C27H22F2LiN5O3S. The molecule has 0 aromatic carbocycles. The van der Waals surface area contributed by atoms with Crippen molar-refractivity contribution in [2.24, 2.45) is 5.92 Å². The average molecular weight is 542 g/mol. The predicted octanol–water partition coefficient (Wildman–Crippen LogP) is 2.47. The number of aromatic nitrogens is 4. The van der Waals surface area contributed by atoms with Crippen molar-refractivity contribution in [2.75, 3.05) is 13.7 Å². The van der Waals surface area contributed by atoms with Crippen molar-refractivity contribution in [1.29, 1.82) is 0 Å². The molecule has 2 aliphatic rings. The number of carbonyl (C=O) groups excluding carboxylic acids is 1. The molecule has 3 aromatic rings. The van der Waals surface area contributed by atoms with Gasteiger partial charge >= 0.3 is 18.9 Å². The molecule has 1 saturated carbocycles. The monoisotopic (exact) mass is 541 g/mol. The number of methoxy groups -OCH3 is 1. The molecule has 1 unspecified atom stereocenters. The van der Waals surface area contributed by atoms with Gasteiger partial charge in [0, 0.05) is 40.5 Å². The van der Waals surface area contributed by atoms with Gasteiger partial charge in [-0.25, -0.2) is 18.9 Å². The summed E-state index contributed by atoms with van der Waals surface area (Å²) in [7, 11) is 1.39. The van der Waals surface area contributed by atoms with E-state index in [-0.39, 0.29) is 46.4 Å².